The van der Waals surface area contributed by atoms with Crippen LogP contribution in [0.4, 0.5) is 8.78 Å². The molecule has 0 bridgehead atoms. The van der Waals surface area contributed by atoms with Crippen LogP contribution in [-0.2, 0) is 21.0 Å². The first-order chi connectivity index (χ1) is 19.6. The maximum Gasteiger partial charge on any atom is 0.355 e. The van der Waals surface area contributed by atoms with E-state index in [2.05, 4.69) is 4.98 Å². The molecular weight excluding hydrogens is 570 g/mol. The van der Waals surface area contributed by atoms with Crippen molar-refractivity contribution in [3.05, 3.63) is 106 Å². The molecule has 1 aliphatic carbocycles. The minimum atomic E-state index is -3.98. The quantitative estimate of drug-likeness (QED) is 0.181. The molecule has 1 fully saturated rings. The van der Waals surface area contributed by atoms with Crippen LogP contribution in [0.15, 0.2) is 77.0 Å². The molecule has 0 amide bonds. The number of aromatic nitrogens is 3. The Balaban J connectivity index is 1.53. The lowest BCUT2D eigenvalue weighted by atomic mass is 9.95. The second-order valence-electron chi connectivity index (χ2n) is 9.82. The van der Waals surface area contributed by atoms with E-state index in [4.69, 9.17) is 10.2 Å². The molecule has 41 heavy (non-hydrogen) atoms. The monoisotopic (exact) mass is 593 g/mol. The third kappa shape index (κ3) is 5.46. The summed E-state index contributed by atoms with van der Waals surface area (Å²) in [5.41, 5.74) is 5.09. The first kappa shape index (κ1) is 27.1. The van der Waals surface area contributed by atoms with Gasteiger partial charge in [-0.1, -0.05) is 36.4 Å². The van der Waals surface area contributed by atoms with Gasteiger partial charge in [0.2, 0.25) is 10.0 Å². The molecule has 1 atom stereocenters. The van der Waals surface area contributed by atoms with Crippen LogP contribution < -0.4 is 5.14 Å². The molecule has 0 aliphatic heterocycles. The van der Waals surface area contributed by atoms with Crippen LogP contribution in [0.5, 0.6) is 0 Å². The van der Waals surface area contributed by atoms with Gasteiger partial charge in [-0.3, -0.25) is 0 Å². The van der Waals surface area contributed by atoms with E-state index < -0.39 is 27.1 Å². The van der Waals surface area contributed by atoms with Crippen molar-refractivity contribution in [3.63, 3.8) is 0 Å². The summed E-state index contributed by atoms with van der Waals surface area (Å²) in [6.07, 6.45) is 2.09. The molecule has 0 spiro atoms. The predicted molar refractivity (Wildman–Crippen MR) is 151 cm³/mol. The molecular formula is C29H23F2N4O4S2+. The van der Waals surface area contributed by atoms with E-state index in [1.54, 1.807) is 22.9 Å². The Hall–Kier alpha value is -4.10. The van der Waals surface area contributed by atoms with Crippen molar-refractivity contribution in [2.45, 2.75) is 30.1 Å². The lowest BCUT2D eigenvalue weighted by molar-refractivity contribution is 0.0691. The Morgan fingerprint density at radius 3 is 2.41 bits per heavy atom. The minimum Gasteiger partial charge on any atom is -0.476 e. The molecule has 8 nitrogen and oxygen atoms in total. The fourth-order valence-corrected chi connectivity index (χ4v) is 6.16. The number of carboxylic acid groups (broad SMARTS) is 1. The average molecular weight is 594 g/mol. The number of carbonyl (C=O) groups is 1. The number of hydrogen-bond donors (Lipinski definition) is 3. The Labute approximate surface area is 238 Å². The predicted octanol–water partition coefficient (Wildman–Crippen LogP) is 6.31. The first-order valence-corrected chi connectivity index (χ1v) is 15.0. The van der Waals surface area contributed by atoms with Crippen molar-refractivity contribution in [3.8, 4) is 27.5 Å². The van der Waals surface area contributed by atoms with Gasteiger partial charge in [0, 0.05) is 34.9 Å². The second kappa shape index (κ2) is 10.4. The van der Waals surface area contributed by atoms with E-state index >= 15 is 0 Å². The van der Waals surface area contributed by atoms with E-state index in [1.165, 1.54) is 29.6 Å². The highest BCUT2D eigenvalue weighted by Crippen LogP contribution is 2.45. The fraction of sp³-hybridized carbons (Fsp3) is 0.138. The molecule has 0 saturated heterocycles. The van der Waals surface area contributed by atoms with Crippen molar-refractivity contribution >= 4 is 27.7 Å². The molecule has 208 valence electrons. The summed E-state index contributed by atoms with van der Waals surface area (Å²) in [6.45, 7) is 0. The molecule has 3 aromatic carbocycles. The zero-order valence-corrected chi connectivity index (χ0v) is 23.0. The molecule has 1 saturated carbocycles. The Bertz CT molecular complexity index is 1840. The molecule has 12 heteroatoms. The fourth-order valence-electron chi connectivity index (χ4n) is 4.81. The zero-order chi connectivity index (χ0) is 28.9. The maximum absolute atomic E-state index is 14.8. The van der Waals surface area contributed by atoms with Gasteiger partial charge in [0.05, 0.1) is 11.4 Å². The summed E-state index contributed by atoms with van der Waals surface area (Å²) in [7, 11) is -3.98. The lowest BCUT2D eigenvalue weighted by Gasteiger charge is -2.11. The van der Waals surface area contributed by atoms with Crippen molar-refractivity contribution in [2.24, 2.45) is 5.14 Å². The van der Waals surface area contributed by atoms with Gasteiger partial charge in [-0.2, -0.15) is 9.65 Å². The van der Waals surface area contributed by atoms with Crippen LogP contribution >= 0.6 is 11.3 Å². The average Bonchev–Trinajstić information content (AvgIpc) is 3.52. The van der Waals surface area contributed by atoms with Gasteiger partial charge in [0.1, 0.15) is 5.82 Å². The number of rotatable bonds is 8. The highest BCUT2D eigenvalue weighted by atomic mass is 32.3. The normalized spacial score (nSPS) is 14.6. The number of benzene rings is 3. The number of aromatic carboxylic acids is 1. The molecule has 5 aromatic rings. The van der Waals surface area contributed by atoms with Gasteiger partial charge in [-0.25, -0.2) is 23.2 Å². The standard InChI is InChI=1S/C29H22F2N4O4S2/c30-21-9-7-17(8-10-21)19-2-1-3-20(14-19)27-22(12-16-4-11-25(23(31)13-16)41(32,38)39)26(18-5-6-18)34-35(27)29-33-24(15-40-29)28(36)37/h1-4,7-11,13-15,18H,5-6,12H2,(H3-,32,36,37,38,39)/p+1. The van der Waals surface area contributed by atoms with Gasteiger partial charge in [0.25, 0.3) is 0 Å². The number of carboxylic acids is 1. The molecule has 4 N–H and O–H groups in total. The minimum absolute atomic E-state index is 0.104. The van der Waals surface area contributed by atoms with Crippen molar-refractivity contribution in [1.82, 2.24) is 14.8 Å². The maximum atomic E-state index is 14.8. The van der Waals surface area contributed by atoms with Crippen LogP contribution in [0.25, 0.3) is 27.5 Å². The van der Waals surface area contributed by atoms with E-state index in [1.807, 2.05) is 24.3 Å². The topological polar surface area (TPSA) is 131 Å². The van der Waals surface area contributed by atoms with Crippen molar-refractivity contribution in [1.29, 1.82) is 0 Å². The van der Waals surface area contributed by atoms with Gasteiger partial charge < -0.3 is 5.11 Å². The number of nitrogens with zero attached hydrogens (tertiary/aromatic N) is 3. The Morgan fingerprint density at radius 2 is 1.78 bits per heavy atom. The highest BCUT2D eigenvalue weighted by molar-refractivity contribution is 7.95. The number of thiazole rings is 1. The smallest absolute Gasteiger partial charge is 0.355 e. The third-order valence-electron chi connectivity index (χ3n) is 6.88. The van der Waals surface area contributed by atoms with E-state index in [0.29, 0.717) is 16.4 Å². The van der Waals surface area contributed by atoms with Crippen LogP contribution in [0, 0.1) is 11.6 Å². The number of hydrogen-bond acceptors (Lipinski definition) is 5. The van der Waals surface area contributed by atoms with Crippen molar-refractivity contribution in [2.75, 3.05) is 0 Å². The third-order valence-corrected chi connectivity index (χ3v) is 8.65. The summed E-state index contributed by atoms with van der Waals surface area (Å²) >= 11 is 1.14. The second-order valence-corrected chi connectivity index (χ2v) is 12.2. The molecule has 0 radical (unpaired) electrons. The SMILES string of the molecule is N[S+](=O)(O)c1ccc(Cc2c(C3CC3)nn(-c3nc(C(=O)O)cs3)c2-c2cccc(-c3ccc(F)cc3)c2)cc1F. The van der Waals surface area contributed by atoms with Gasteiger partial charge >= 0.3 is 16.4 Å². The Kier molecular flexibility index (Phi) is 6.86. The van der Waals surface area contributed by atoms with Gasteiger partial charge in [0.15, 0.2) is 11.5 Å². The summed E-state index contributed by atoms with van der Waals surface area (Å²) in [4.78, 5) is 15.4. The largest absolute Gasteiger partial charge is 0.476 e. The van der Waals surface area contributed by atoms with Gasteiger partial charge in [-0.05, 0) is 58.0 Å². The molecule has 1 unspecified atom stereocenters. The molecule has 2 heterocycles. The first-order valence-electron chi connectivity index (χ1n) is 12.6. The van der Waals surface area contributed by atoms with Crippen LogP contribution in [0.1, 0.15) is 46.1 Å². The summed E-state index contributed by atoms with van der Waals surface area (Å²) in [5.74, 6) is -2.21. The molecule has 2 aromatic heterocycles. The van der Waals surface area contributed by atoms with E-state index in [-0.39, 0.29) is 23.8 Å². The van der Waals surface area contributed by atoms with Gasteiger partial charge in [-0.15, -0.1) is 16.5 Å². The molecule has 1 aliphatic rings. The molecule has 6 rings (SSSR count). The number of halogens is 2. The zero-order valence-electron chi connectivity index (χ0n) is 21.3. The summed E-state index contributed by atoms with van der Waals surface area (Å²) < 4.78 is 51.6. The van der Waals surface area contributed by atoms with Crippen LogP contribution in [-0.4, -0.2) is 30.4 Å². The lowest BCUT2D eigenvalue weighted by Crippen LogP contribution is -2.22. The summed E-state index contributed by atoms with van der Waals surface area (Å²) in [6, 6.07) is 17.7. The Morgan fingerprint density at radius 1 is 1.05 bits per heavy atom. The highest BCUT2D eigenvalue weighted by Gasteiger charge is 2.34. The van der Waals surface area contributed by atoms with Crippen LogP contribution in [0.3, 0.4) is 0 Å². The van der Waals surface area contributed by atoms with Crippen LogP contribution in [0.2, 0.25) is 0 Å². The van der Waals surface area contributed by atoms with E-state index in [9.17, 15) is 27.4 Å². The number of nitrogens with two attached hydrogens (primary N) is 1. The van der Waals surface area contributed by atoms with E-state index in [0.717, 1.165) is 52.1 Å². The summed E-state index contributed by atoms with van der Waals surface area (Å²) in [5, 5.41) is 21.4. The van der Waals surface area contributed by atoms with Crippen molar-refractivity contribution < 1.29 is 27.4 Å².